The maximum absolute atomic E-state index is 12.6. The zero-order valence-corrected chi connectivity index (χ0v) is 36.6. The number of rotatable bonds is 37. The summed E-state index contributed by atoms with van der Waals surface area (Å²) in [5.74, 6) is -0.940. The molecule has 0 aliphatic carbocycles. The molecular weight excluding hydrogens is 729 g/mol. The van der Waals surface area contributed by atoms with Crippen molar-refractivity contribution in [1.82, 2.24) is 0 Å². The first-order chi connectivity index (χ1) is 27.0. The second-order valence-electron chi connectivity index (χ2n) is 15.7. The molecule has 1 fully saturated rings. The summed E-state index contributed by atoms with van der Waals surface area (Å²) >= 11 is 0. The Kier molecular flexibility index (Phi) is 31.0. The highest BCUT2D eigenvalue weighted by atomic mass is 31.2. The average Bonchev–Trinajstić information content (AvgIpc) is 3.90. The van der Waals surface area contributed by atoms with Crippen LogP contribution < -0.4 is 4.89 Å². The van der Waals surface area contributed by atoms with Gasteiger partial charge in [-0.05, 0) is 51.4 Å². The van der Waals surface area contributed by atoms with E-state index in [1.807, 2.05) is 33.3 Å². The van der Waals surface area contributed by atoms with Gasteiger partial charge in [0.05, 0.1) is 40.0 Å². The van der Waals surface area contributed by atoms with Gasteiger partial charge < -0.3 is 32.6 Å². The Bertz CT molecular complexity index is 1210. The van der Waals surface area contributed by atoms with Crippen LogP contribution in [0.4, 0.5) is 0 Å². The highest BCUT2D eigenvalue weighted by molar-refractivity contribution is 7.45. The third-order valence-electron chi connectivity index (χ3n) is 9.22. The highest BCUT2D eigenvalue weighted by Gasteiger charge is 2.36. The maximum Gasteiger partial charge on any atom is 0.306 e. The first-order valence-electron chi connectivity index (χ1n) is 21.6. The largest absolute Gasteiger partial charge is 0.756 e. The normalized spacial score (nSPS) is 17.8. The van der Waals surface area contributed by atoms with E-state index in [1.54, 1.807) is 0 Å². The smallest absolute Gasteiger partial charge is 0.306 e. The quantitative estimate of drug-likeness (QED) is 0.0151. The predicted octanol–water partition coefficient (Wildman–Crippen LogP) is 10.4. The fraction of sp³-hybridized carbons (Fsp3) is 0.733. The van der Waals surface area contributed by atoms with E-state index in [0.717, 1.165) is 57.8 Å². The molecule has 0 aromatic heterocycles. The zero-order chi connectivity index (χ0) is 41.2. The molecule has 0 radical (unpaired) electrons. The average molecular weight is 808 g/mol. The van der Waals surface area contributed by atoms with Crippen LogP contribution >= 0.6 is 7.82 Å². The third kappa shape index (κ3) is 33.8. The summed E-state index contributed by atoms with van der Waals surface area (Å²) in [6, 6.07) is 0. The molecule has 56 heavy (non-hydrogen) atoms. The van der Waals surface area contributed by atoms with E-state index in [4.69, 9.17) is 23.3 Å². The number of quaternary nitrogens is 1. The van der Waals surface area contributed by atoms with Gasteiger partial charge >= 0.3 is 11.9 Å². The number of nitrogens with zero attached hydrogens (tertiary/aromatic N) is 1. The highest BCUT2D eigenvalue weighted by Crippen LogP contribution is 2.38. The molecule has 1 aliphatic heterocycles. The number of phosphoric ester groups is 1. The van der Waals surface area contributed by atoms with Crippen molar-refractivity contribution in [2.45, 2.75) is 167 Å². The molecule has 0 saturated carbocycles. The van der Waals surface area contributed by atoms with Gasteiger partial charge in [-0.3, -0.25) is 14.2 Å². The minimum atomic E-state index is -4.64. The molecule has 4 atom stereocenters. The molecule has 3 unspecified atom stereocenters. The van der Waals surface area contributed by atoms with E-state index < -0.39 is 32.5 Å². The van der Waals surface area contributed by atoms with Gasteiger partial charge in [0.15, 0.2) is 6.10 Å². The fourth-order valence-electron chi connectivity index (χ4n) is 5.72. The summed E-state index contributed by atoms with van der Waals surface area (Å²) in [5.41, 5.74) is 0. The Balaban J connectivity index is 2.32. The lowest BCUT2D eigenvalue weighted by Gasteiger charge is -2.28. The van der Waals surface area contributed by atoms with Gasteiger partial charge in [-0.15, -0.1) is 0 Å². The monoisotopic (exact) mass is 808 g/mol. The number of allylic oxidation sites excluding steroid dienone is 8. The topological polar surface area (TPSA) is 124 Å². The van der Waals surface area contributed by atoms with Crippen molar-refractivity contribution in [2.24, 2.45) is 0 Å². The second kappa shape index (κ2) is 33.6. The maximum atomic E-state index is 12.6. The van der Waals surface area contributed by atoms with Gasteiger partial charge in [-0.25, -0.2) is 0 Å². The van der Waals surface area contributed by atoms with Crippen LogP contribution in [0.1, 0.15) is 149 Å². The van der Waals surface area contributed by atoms with E-state index in [1.165, 1.54) is 51.4 Å². The molecule has 0 spiro atoms. The number of phosphoric acid groups is 1. The number of likely N-dealkylation sites (N-methyl/N-ethyl adjacent to an activating group) is 1. The lowest BCUT2D eigenvalue weighted by Crippen LogP contribution is -2.37. The lowest BCUT2D eigenvalue weighted by molar-refractivity contribution is -0.870. The first-order valence-corrected chi connectivity index (χ1v) is 23.1. The second-order valence-corrected chi connectivity index (χ2v) is 17.1. The summed E-state index contributed by atoms with van der Waals surface area (Å²) < 4.78 is 39.4. The summed E-state index contributed by atoms with van der Waals surface area (Å²) in [4.78, 5) is 37.4. The fourth-order valence-corrected chi connectivity index (χ4v) is 6.45. The van der Waals surface area contributed by atoms with Crippen molar-refractivity contribution in [2.75, 3.05) is 47.5 Å². The number of carbonyl (C=O) groups excluding carboxylic acids is 2. The van der Waals surface area contributed by atoms with Crippen molar-refractivity contribution in [1.29, 1.82) is 0 Å². The Labute approximate surface area is 341 Å². The summed E-state index contributed by atoms with van der Waals surface area (Å²) in [6.45, 7) is 4.00. The predicted molar refractivity (Wildman–Crippen MR) is 226 cm³/mol. The number of carbonyl (C=O) groups is 2. The molecule has 1 saturated heterocycles. The Morgan fingerprint density at radius 1 is 0.661 bits per heavy atom. The van der Waals surface area contributed by atoms with Crippen molar-refractivity contribution >= 4 is 19.8 Å². The molecule has 0 aromatic carbocycles. The SMILES string of the molecule is CC/C=C\CC1OC1C/C=C\C/C=C\C/C=C\C/C=C\CCC(=O)OC[C@H](COP(=O)([O-])OCC[N+](C)(C)C)OC(=O)CCCCCCCCCCCCCC. The number of esters is 2. The first kappa shape index (κ1) is 51.7. The van der Waals surface area contributed by atoms with Gasteiger partial charge in [0, 0.05) is 12.8 Å². The molecule has 1 heterocycles. The molecule has 10 nitrogen and oxygen atoms in total. The van der Waals surface area contributed by atoms with Crippen molar-refractivity contribution in [3.8, 4) is 0 Å². The Morgan fingerprint density at radius 3 is 1.73 bits per heavy atom. The molecule has 0 N–H and O–H groups in total. The van der Waals surface area contributed by atoms with Crippen LogP contribution in [0.15, 0.2) is 60.8 Å². The number of hydrogen-bond donors (Lipinski definition) is 0. The van der Waals surface area contributed by atoms with Crippen LogP contribution in [0.2, 0.25) is 0 Å². The summed E-state index contributed by atoms with van der Waals surface area (Å²) in [7, 11) is 1.11. The Hall–Kier alpha value is -2.33. The number of hydrogen-bond acceptors (Lipinski definition) is 9. The molecular formula is C45H78NO9P. The molecule has 1 aliphatic rings. The van der Waals surface area contributed by atoms with Crippen molar-refractivity contribution in [3.63, 3.8) is 0 Å². The number of ether oxygens (including phenoxy) is 3. The lowest BCUT2D eigenvalue weighted by atomic mass is 10.0. The van der Waals surface area contributed by atoms with Gasteiger partial charge in [-0.1, -0.05) is 145 Å². The van der Waals surface area contributed by atoms with Gasteiger partial charge in [0.1, 0.15) is 19.8 Å². The Morgan fingerprint density at radius 2 is 1.18 bits per heavy atom. The molecule has 0 aromatic rings. The standard InChI is InChI=1S/C45H78NO9P/c1-6-8-10-11-12-13-14-18-22-25-28-32-36-45(48)54-41(40-53-56(49,50)52-38-37-46(3,4)5)39-51-44(47)35-31-27-24-21-19-16-15-17-20-23-26-30-34-43-42(55-43)33-29-9-7-2/h9,16-17,19-20,24,26-27,29-30,41-43H,6-8,10-15,18,21-23,25,28,31-40H2,1-5H3/b19-16-,20-17-,27-24-,29-9-,30-26-/t41-,42?,43?/m1/s1. The molecule has 1 rings (SSSR count). The molecule has 0 amide bonds. The van der Waals surface area contributed by atoms with Crippen LogP contribution in [-0.2, 0) is 37.4 Å². The van der Waals surface area contributed by atoms with Crippen molar-refractivity contribution in [3.05, 3.63) is 60.8 Å². The van der Waals surface area contributed by atoms with Crippen LogP contribution in [-0.4, -0.2) is 82.2 Å². The van der Waals surface area contributed by atoms with Crippen LogP contribution in [0.25, 0.3) is 0 Å². The summed E-state index contributed by atoms with van der Waals surface area (Å²) in [6.07, 6.45) is 41.6. The molecule has 0 bridgehead atoms. The van der Waals surface area contributed by atoms with Crippen LogP contribution in [0, 0.1) is 0 Å². The van der Waals surface area contributed by atoms with E-state index in [9.17, 15) is 19.0 Å². The van der Waals surface area contributed by atoms with E-state index in [-0.39, 0.29) is 26.1 Å². The van der Waals surface area contributed by atoms with Crippen LogP contribution in [0.3, 0.4) is 0 Å². The molecule has 322 valence electrons. The minimum absolute atomic E-state index is 0.0453. The van der Waals surface area contributed by atoms with E-state index >= 15 is 0 Å². The van der Waals surface area contributed by atoms with E-state index in [0.29, 0.717) is 36.1 Å². The van der Waals surface area contributed by atoms with Gasteiger partial charge in [0.25, 0.3) is 7.82 Å². The summed E-state index contributed by atoms with van der Waals surface area (Å²) in [5, 5.41) is 0. The van der Waals surface area contributed by atoms with Gasteiger partial charge in [0.2, 0.25) is 0 Å². The minimum Gasteiger partial charge on any atom is -0.756 e. The zero-order valence-electron chi connectivity index (χ0n) is 35.8. The van der Waals surface area contributed by atoms with E-state index in [2.05, 4.69) is 62.5 Å². The van der Waals surface area contributed by atoms with Gasteiger partial charge in [-0.2, -0.15) is 0 Å². The van der Waals surface area contributed by atoms with Crippen LogP contribution in [0.5, 0.6) is 0 Å². The number of unbranched alkanes of at least 4 members (excludes halogenated alkanes) is 11. The molecule has 11 heteroatoms. The van der Waals surface area contributed by atoms with Crippen molar-refractivity contribution < 1.29 is 46.8 Å². The third-order valence-corrected chi connectivity index (χ3v) is 10.2. The number of epoxide rings is 1.